The van der Waals surface area contributed by atoms with E-state index in [9.17, 15) is 4.79 Å². The maximum atomic E-state index is 12.0. The lowest BCUT2D eigenvalue weighted by molar-refractivity contribution is -0.123. The van der Waals surface area contributed by atoms with Crippen LogP contribution in [0.1, 0.15) is 12.5 Å². The van der Waals surface area contributed by atoms with Gasteiger partial charge < -0.3 is 4.74 Å². The quantitative estimate of drug-likeness (QED) is 0.439. The van der Waals surface area contributed by atoms with Gasteiger partial charge in [-0.1, -0.05) is 66.7 Å². The highest BCUT2D eigenvalue weighted by Crippen LogP contribution is 2.32. The maximum Gasteiger partial charge on any atom is 0.277 e. The molecule has 0 atom stereocenters. The van der Waals surface area contributed by atoms with E-state index in [1.807, 2.05) is 85.8 Å². The lowest BCUT2D eigenvalue weighted by Gasteiger charge is -2.09. The molecule has 0 unspecified atom stereocenters. The van der Waals surface area contributed by atoms with Crippen LogP contribution in [-0.4, -0.2) is 18.2 Å². The van der Waals surface area contributed by atoms with Crippen molar-refractivity contribution in [2.45, 2.75) is 6.92 Å². The molecule has 0 aliphatic carbocycles. The van der Waals surface area contributed by atoms with E-state index in [0.29, 0.717) is 11.5 Å². The summed E-state index contributed by atoms with van der Waals surface area (Å²) in [6.07, 6.45) is 3.78. The molecule has 0 spiro atoms. The number of hydrazone groups is 1. The molecule has 3 aromatic rings. The van der Waals surface area contributed by atoms with Crippen LogP contribution in [-0.2, 0) is 4.79 Å². The molecule has 136 valence electrons. The number of amides is 1. The topological polar surface area (TPSA) is 50.7 Å². The van der Waals surface area contributed by atoms with Crippen molar-refractivity contribution in [2.24, 2.45) is 5.10 Å². The molecule has 0 aromatic heterocycles. The fourth-order valence-electron chi connectivity index (χ4n) is 2.47. The average Bonchev–Trinajstić information content (AvgIpc) is 2.71. The Labute approximate surface area is 166 Å². The molecule has 4 nitrogen and oxygen atoms in total. The second-order valence-corrected chi connectivity index (χ2v) is 6.71. The molecule has 0 radical (unpaired) electrons. The van der Waals surface area contributed by atoms with Crippen LogP contribution in [0.3, 0.4) is 0 Å². The summed E-state index contributed by atoms with van der Waals surface area (Å²) in [5, 5.41) is 6.20. The minimum absolute atomic E-state index is 0.115. The van der Waals surface area contributed by atoms with Gasteiger partial charge in [0.25, 0.3) is 5.91 Å². The summed E-state index contributed by atoms with van der Waals surface area (Å²) in [5.41, 5.74) is 4.27. The van der Waals surface area contributed by atoms with Crippen LogP contribution in [0.25, 0.3) is 16.8 Å². The number of benzene rings is 3. The van der Waals surface area contributed by atoms with Crippen molar-refractivity contribution in [3.8, 4) is 5.75 Å². The summed E-state index contributed by atoms with van der Waals surface area (Å²) < 4.78 is 6.45. The number of nitrogens with zero attached hydrogens (tertiary/aromatic N) is 1. The van der Waals surface area contributed by atoms with Crippen LogP contribution in [0.4, 0.5) is 0 Å². The largest absolute Gasteiger partial charge is 0.483 e. The molecule has 27 heavy (non-hydrogen) atoms. The Morgan fingerprint density at radius 2 is 1.81 bits per heavy atom. The van der Waals surface area contributed by atoms with E-state index in [0.717, 1.165) is 20.8 Å². The van der Waals surface area contributed by atoms with Crippen LogP contribution >= 0.6 is 15.9 Å². The Morgan fingerprint density at radius 3 is 2.63 bits per heavy atom. The number of allylic oxidation sites excluding steroid dienone is 1. The first-order valence-corrected chi connectivity index (χ1v) is 9.29. The molecule has 0 saturated carbocycles. The molecule has 0 fully saturated rings. The smallest absolute Gasteiger partial charge is 0.277 e. The van der Waals surface area contributed by atoms with Crippen molar-refractivity contribution in [3.63, 3.8) is 0 Å². The summed E-state index contributed by atoms with van der Waals surface area (Å²) in [5.74, 6) is 0.302. The zero-order chi connectivity index (χ0) is 19.1. The Morgan fingerprint density at radius 1 is 1.07 bits per heavy atom. The predicted molar refractivity (Wildman–Crippen MR) is 114 cm³/mol. The van der Waals surface area contributed by atoms with E-state index in [2.05, 4.69) is 26.5 Å². The fourth-order valence-corrected chi connectivity index (χ4v) is 3.08. The van der Waals surface area contributed by atoms with Crippen molar-refractivity contribution in [2.75, 3.05) is 6.61 Å². The molecule has 0 aliphatic rings. The number of carbonyl (C=O) groups is 1. The molecule has 0 bridgehead atoms. The number of fused-ring (bicyclic) bond motifs is 1. The number of rotatable bonds is 6. The third-order valence-corrected chi connectivity index (χ3v) is 4.68. The number of ether oxygens (including phenoxy) is 1. The SMILES string of the molecule is CC(/C=C/c1ccccc1)=N\NC(=O)COc1ccc2ccccc2c1Br. The number of carbonyl (C=O) groups excluding carboxylic acids is 1. The lowest BCUT2D eigenvalue weighted by atomic mass is 10.1. The first-order valence-electron chi connectivity index (χ1n) is 8.50. The van der Waals surface area contributed by atoms with Gasteiger partial charge in [0.2, 0.25) is 0 Å². The maximum absolute atomic E-state index is 12.0. The van der Waals surface area contributed by atoms with E-state index in [1.165, 1.54) is 0 Å². The summed E-state index contributed by atoms with van der Waals surface area (Å²) >= 11 is 3.54. The Balaban J connectivity index is 1.55. The van der Waals surface area contributed by atoms with Gasteiger partial charge in [-0.05, 0) is 51.3 Å². The van der Waals surface area contributed by atoms with Gasteiger partial charge in [0.15, 0.2) is 6.61 Å². The highest BCUT2D eigenvalue weighted by atomic mass is 79.9. The molecule has 0 saturated heterocycles. The number of hydrogen-bond acceptors (Lipinski definition) is 3. The van der Waals surface area contributed by atoms with Crippen LogP contribution in [0, 0.1) is 0 Å². The molecule has 3 rings (SSSR count). The first-order chi connectivity index (χ1) is 13.1. The van der Waals surface area contributed by atoms with E-state index < -0.39 is 0 Å². The van der Waals surface area contributed by atoms with Crippen molar-refractivity contribution >= 4 is 44.4 Å². The second-order valence-electron chi connectivity index (χ2n) is 5.92. The molecule has 5 heteroatoms. The van der Waals surface area contributed by atoms with Crippen molar-refractivity contribution in [1.29, 1.82) is 0 Å². The normalized spacial score (nSPS) is 11.7. The van der Waals surface area contributed by atoms with Crippen LogP contribution in [0.2, 0.25) is 0 Å². The average molecular weight is 423 g/mol. The van der Waals surface area contributed by atoms with E-state index >= 15 is 0 Å². The van der Waals surface area contributed by atoms with Crippen LogP contribution in [0.5, 0.6) is 5.75 Å². The van der Waals surface area contributed by atoms with Gasteiger partial charge in [-0.2, -0.15) is 5.10 Å². The third kappa shape index (κ3) is 5.28. The molecule has 3 aromatic carbocycles. The van der Waals surface area contributed by atoms with Gasteiger partial charge >= 0.3 is 0 Å². The van der Waals surface area contributed by atoms with Gasteiger partial charge in [-0.15, -0.1) is 0 Å². The zero-order valence-electron chi connectivity index (χ0n) is 14.9. The standard InChI is InChI=1S/C22H19BrN2O2/c1-16(11-12-17-7-3-2-4-8-17)24-25-21(26)15-27-20-14-13-18-9-5-6-10-19(18)22(20)23/h2-14H,15H2,1H3,(H,25,26)/b12-11+,24-16+. The van der Waals surface area contributed by atoms with Crippen LogP contribution < -0.4 is 10.2 Å². The summed E-state index contributed by atoms with van der Waals surface area (Å²) in [6, 6.07) is 21.7. The van der Waals surface area contributed by atoms with Gasteiger partial charge in [-0.25, -0.2) is 5.43 Å². The Bertz CT molecular complexity index is 998. The molecule has 0 heterocycles. The number of hydrogen-bond donors (Lipinski definition) is 1. The van der Waals surface area contributed by atoms with Crippen LogP contribution in [0.15, 0.2) is 82.4 Å². The molecule has 0 aliphatic heterocycles. The summed E-state index contributed by atoms with van der Waals surface area (Å²) in [6.45, 7) is 1.70. The van der Waals surface area contributed by atoms with Crippen molar-refractivity contribution < 1.29 is 9.53 Å². The fraction of sp³-hybridized carbons (Fsp3) is 0.0909. The van der Waals surface area contributed by atoms with Gasteiger partial charge in [-0.3, -0.25) is 4.79 Å². The summed E-state index contributed by atoms with van der Waals surface area (Å²) in [7, 11) is 0. The van der Waals surface area contributed by atoms with E-state index in [-0.39, 0.29) is 12.5 Å². The second kappa shape index (κ2) is 9.14. The Hall–Kier alpha value is -2.92. The highest BCUT2D eigenvalue weighted by molar-refractivity contribution is 9.10. The number of halogens is 1. The van der Waals surface area contributed by atoms with Gasteiger partial charge in [0, 0.05) is 0 Å². The molecular weight excluding hydrogens is 404 g/mol. The predicted octanol–water partition coefficient (Wildman–Crippen LogP) is 5.19. The summed E-state index contributed by atoms with van der Waals surface area (Å²) in [4.78, 5) is 12.0. The van der Waals surface area contributed by atoms with E-state index in [4.69, 9.17) is 4.74 Å². The number of nitrogens with one attached hydrogen (secondary N) is 1. The molecule has 1 amide bonds. The molecule has 1 N–H and O–H groups in total. The van der Waals surface area contributed by atoms with Gasteiger partial charge in [0.05, 0.1) is 10.2 Å². The van der Waals surface area contributed by atoms with Crippen molar-refractivity contribution in [1.82, 2.24) is 5.43 Å². The van der Waals surface area contributed by atoms with E-state index in [1.54, 1.807) is 0 Å². The van der Waals surface area contributed by atoms with Crippen molar-refractivity contribution in [3.05, 3.63) is 82.8 Å². The monoisotopic (exact) mass is 422 g/mol. The van der Waals surface area contributed by atoms with Gasteiger partial charge in [0.1, 0.15) is 5.75 Å². The first kappa shape index (κ1) is 18.9. The molecular formula is C22H19BrN2O2. The third-order valence-electron chi connectivity index (χ3n) is 3.86. The Kier molecular flexibility index (Phi) is 6.39. The lowest BCUT2D eigenvalue weighted by Crippen LogP contribution is -2.25. The minimum atomic E-state index is -0.317. The highest BCUT2D eigenvalue weighted by Gasteiger charge is 2.08. The zero-order valence-corrected chi connectivity index (χ0v) is 16.4. The minimum Gasteiger partial charge on any atom is -0.483 e.